The van der Waals surface area contributed by atoms with Gasteiger partial charge in [0.2, 0.25) is 0 Å². The Kier molecular flexibility index (Phi) is 7.26. The lowest BCUT2D eigenvalue weighted by Crippen LogP contribution is -2.40. The second-order valence-corrected chi connectivity index (χ2v) is 8.20. The number of carbonyl (C=O) groups excluding carboxylic acids is 2. The Labute approximate surface area is 214 Å². The zero-order valence-corrected chi connectivity index (χ0v) is 20.6. The molecule has 4 rings (SSSR count). The Morgan fingerprint density at radius 2 is 1.51 bits per heavy atom. The molecule has 1 unspecified atom stereocenters. The fourth-order valence-electron chi connectivity index (χ4n) is 4.24. The summed E-state index contributed by atoms with van der Waals surface area (Å²) < 4.78 is 16.1. The van der Waals surface area contributed by atoms with Crippen molar-refractivity contribution in [3.63, 3.8) is 0 Å². The van der Waals surface area contributed by atoms with Crippen molar-refractivity contribution in [2.24, 2.45) is 5.73 Å². The van der Waals surface area contributed by atoms with Gasteiger partial charge in [0.25, 0.3) is 0 Å². The van der Waals surface area contributed by atoms with Crippen LogP contribution >= 0.6 is 0 Å². The van der Waals surface area contributed by atoms with Crippen LogP contribution in [-0.4, -0.2) is 26.2 Å². The number of aryl methyl sites for hydroxylation is 1. The highest BCUT2D eigenvalue weighted by Gasteiger charge is 2.42. The van der Waals surface area contributed by atoms with Gasteiger partial charge in [-0.2, -0.15) is 5.26 Å². The van der Waals surface area contributed by atoms with Crippen LogP contribution in [0.15, 0.2) is 102 Å². The predicted molar refractivity (Wildman–Crippen MR) is 137 cm³/mol. The van der Waals surface area contributed by atoms with Crippen LogP contribution in [0.4, 0.5) is 5.69 Å². The van der Waals surface area contributed by atoms with Crippen LogP contribution in [0.5, 0.6) is 11.5 Å². The van der Waals surface area contributed by atoms with Crippen molar-refractivity contribution >= 4 is 17.6 Å². The van der Waals surface area contributed by atoms with Gasteiger partial charge in [-0.15, -0.1) is 0 Å². The van der Waals surface area contributed by atoms with E-state index in [4.69, 9.17) is 19.9 Å². The molecule has 0 saturated carbocycles. The second kappa shape index (κ2) is 10.7. The topological polar surface area (TPSA) is 115 Å². The fourth-order valence-corrected chi connectivity index (χ4v) is 4.24. The molecule has 0 aromatic heterocycles. The lowest BCUT2D eigenvalue weighted by Gasteiger charge is -2.35. The number of nitriles is 1. The van der Waals surface area contributed by atoms with E-state index >= 15 is 0 Å². The number of para-hydroxylation sites is 1. The molecule has 8 nitrogen and oxygen atoms in total. The normalized spacial score (nSPS) is 15.2. The lowest BCUT2D eigenvalue weighted by molar-refractivity contribution is -0.139. The fraction of sp³-hybridized carbons (Fsp3) is 0.138. The van der Waals surface area contributed by atoms with Crippen LogP contribution in [-0.2, 0) is 19.1 Å². The summed E-state index contributed by atoms with van der Waals surface area (Å²) in [6.07, 6.45) is 0. The number of allylic oxidation sites excluding steroid dienone is 1. The van der Waals surface area contributed by atoms with E-state index in [9.17, 15) is 14.9 Å². The van der Waals surface area contributed by atoms with E-state index in [2.05, 4.69) is 6.07 Å². The summed E-state index contributed by atoms with van der Waals surface area (Å²) in [5.41, 5.74) is 8.43. The first-order chi connectivity index (χ1) is 17.9. The number of anilines is 1. The Morgan fingerprint density at radius 3 is 2.11 bits per heavy atom. The van der Waals surface area contributed by atoms with Crippen LogP contribution in [0.25, 0.3) is 0 Å². The molecule has 186 valence electrons. The van der Waals surface area contributed by atoms with Crippen LogP contribution in [0.2, 0.25) is 0 Å². The first-order valence-electron chi connectivity index (χ1n) is 11.4. The number of hydrogen-bond acceptors (Lipinski definition) is 8. The summed E-state index contributed by atoms with van der Waals surface area (Å²) in [7, 11) is 2.42. The van der Waals surface area contributed by atoms with E-state index < -0.39 is 17.9 Å². The smallest absolute Gasteiger partial charge is 0.355 e. The molecule has 37 heavy (non-hydrogen) atoms. The van der Waals surface area contributed by atoms with Crippen LogP contribution in [0, 0.1) is 18.3 Å². The number of ether oxygens (including phenoxy) is 3. The van der Waals surface area contributed by atoms with Crippen molar-refractivity contribution in [3.05, 3.63) is 113 Å². The molecule has 1 aliphatic rings. The Morgan fingerprint density at radius 1 is 0.892 bits per heavy atom. The molecular formula is C29H25N3O5. The predicted octanol–water partition coefficient (Wildman–Crippen LogP) is 4.69. The van der Waals surface area contributed by atoms with Gasteiger partial charge in [0, 0.05) is 5.69 Å². The summed E-state index contributed by atoms with van der Waals surface area (Å²) in [6, 6.07) is 25.3. The minimum Gasteiger partial charge on any atom is -0.466 e. The molecule has 3 aromatic rings. The highest BCUT2D eigenvalue weighted by molar-refractivity contribution is 6.06. The standard InChI is InChI=1S/C29H25N3O5/c1-18-9-7-8-12-23(18)37-21-15-13-20(14-16-21)32-26(29(34)36-3)25(28(33)35-2)24(22(17-30)27(32)31)19-10-5-4-6-11-19/h4-16,24H,31H2,1-3H3. The molecule has 0 saturated heterocycles. The molecule has 0 bridgehead atoms. The van der Waals surface area contributed by atoms with Gasteiger partial charge >= 0.3 is 11.9 Å². The number of esters is 2. The Bertz CT molecular complexity index is 1440. The van der Waals surface area contributed by atoms with Gasteiger partial charge in [-0.25, -0.2) is 9.59 Å². The third-order valence-electron chi connectivity index (χ3n) is 6.03. The largest absolute Gasteiger partial charge is 0.466 e. The maximum atomic E-state index is 13.1. The SMILES string of the molecule is COC(=O)C1=C(C(=O)OC)N(c2ccc(Oc3ccccc3C)cc2)C(N)=C(C#N)C1c1ccccc1. The molecule has 0 radical (unpaired) electrons. The van der Waals surface area contributed by atoms with Crippen LogP contribution in [0.1, 0.15) is 17.0 Å². The van der Waals surface area contributed by atoms with E-state index in [0.717, 1.165) is 5.56 Å². The maximum Gasteiger partial charge on any atom is 0.355 e. The van der Waals surface area contributed by atoms with Gasteiger partial charge in [-0.1, -0.05) is 48.5 Å². The summed E-state index contributed by atoms with van der Waals surface area (Å²) in [5.74, 6) is -1.25. The number of hydrogen-bond donors (Lipinski definition) is 1. The molecule has 8 heteroatoms. The minimum atomic E-state index is -0.923. The van der Waals surface area contributed by atoms with E-state index in [1.807, 2.05) is 31.2 Å². The Hall–Kier alpha value is -5.03. The number of methoxy groups -OCH3 is 2. The molecule has 0 fully saturated rings. The molecule has 1 aliphatic heterocycles. The summed E-state index contributed by atoms with van der Waals surface area (Å²) in [4.78, 5) is 27.6. The molecule has 1 heterocycles. The first kappa shape index (κ1) is 25.1. The van der Waals surface area contributed by atoms with Gasteiger partial charge in [0.1, 0.15) is 23.0 Å². The van der Waals surface area contributed by atoms with Gasteiger partial charge in [-0.3, -0.25) is 4.90 Å². The quantitative estimate of drug-likeness (QED) is 0.490. The monoisotopic (exact) mass is 495 g/mol. The lowest BCUT2D eigenvalue weighted by atomic mass is 9.81. The van der Waals surface area contributed by atoms with Crippen LogP contribution in [0.3, 0.4) is 0 Å². The zero-order valence-electron chi connectivity index (χ0n) is 20.6. The van der Waals surface area contributed by atoms with Crippen LogP contribution < -0.4 is 15.4 Å². The number of nitrogens with two attached hydrogens (primary N) is 1. The van der Waals surface area contributed by atoms with Gasteiger partial charge in [-0.05, 0) is 48.4 Å². The van der Waals surface area contributed by atoms with E-state index in [-0.39, 0.29) is 22.7 Å². The Balaban J connectivity index is 1.87. The van der Waals surface area contributed by atoms with Gasteiger partial charge < -0.3 is 19.9 Å². The van der Waals surface area contributed by atoms with E-state index in [0.29, 0.717) is 22.7 Å². The van der Waals surface area contributed by atoms with Crippen molar-refractivity contribution in [2.45, 2.75) is 12.8 Å². The average molecular weight is 496 g/mol. The van der Waals surface area contributed by atoms with Crippen molar-refractivity contribution in [1.29, 1.82) is 5.26 Å². The molecule has 0 amide bonds. The van der Waals surface area contributed by atoms with Crippen molar-refractivity contribution in [1.82, 2.24) is 0 Å². The summed E-state index contributed by atoms with van der Waals surface area (Å²) >= 11 is 0. The number of benzene rings is 3. The number of nitrogens with zero attached hydrogens (tertiary/aromatic N) is 2. The van der Waals surface area contributed by atoms with E-state index in [1.54, 1.807) is 54.6 Å². The minimum absolute atomic E-state index is 0.00280. The maximum absolute atomic E-state index is 13.1. The molecule has 0 aliphatic carbocycles. The summed E-state index contributed by atoms with van der Waals surface area (Å²) in [5, 5.41) is 10.1. The van der Waals surface area contributed by atoms with Crippen molar-refractivity contribution < 1.29 is 23.8 Å². The average Bonchev–Trinajstić information content (AvgIpc) is 2.93. The second-order valence-electron chi connectivity index (χ2n) is 8.20. The molecule has 2 N–H and O–H groups in total. The highest BCUT2D eigenvalue weighted by Crippen LogP contribution is 2.43. The van der Waals surface area contributed by atoms with Gasteiger partial charge in [0.05, 0.1) is 37.4 Å². The zero-order chi connectivity index (χ0) is 26.5. The third kappa shape index (κ3) is 4.75. The van der Waals surface area contributed by atoms with E-state index in [1.165, 1.54) is 19.1 Å². The highest BCUT2D eigenvalue weighted by atomic mass is 16.5. The molecular weight excluding hydrogens is 470 g/mol. The first-order valence-corrected chi connectivity index (χ1v) is 11.4. The molecule has 3 aromatic carbocycles. The molecule has 0 spiro atoms. The number of rotatable bonds is 6. The summed E-state index contributed by atoms with van der Waals surface area (Å²) in [6.45, 7) is 1.94. The van der Waals surface area contributed by atoms with Crippen molar-refractivity contribution in [2.75, 3.05) is 19.1 Å². The number of carbonyl (C=O) groups is 2. The molecule has 1 atom stereocenters. The van der Waals surface area contributed by atoms with Gasteiger partial charge in [0.15, 0.2) is 0 Å². The third-order valence-corrected chi connectivity index (χ3v) is 6.03. The van der Waals surface area contributed by atoms with Crippen molar-refractivity contribution in [3.8, 4) is 17.6 Å².